The molecule has 5 heteroatoms. The molecular weight excluding hydrogens is 284 g/mol. The van der Waals surface area contributed by atoms with Crippen LogP contribution in [0.1, 0.15) is 31.0 Å². The van der Waals surface area contributed by atoms with Crippen LogP contribution in [0.2, 0.25) is 0 Å². The van der Waals surface area contributed by atoms with Crippen molar-refractivity contribution < 1.29 is 8.42 Å². The molecule has 0 aliphatic rings. The summed E-state index contributed by atoms with van der Waals surface area (Å²) in [5.41, 5.74) is 8.39. The Balaban J connectivity index is 2.20. The standard InChI is InChI=1S/C16H20N2O2S/c1-3-13-4-8-15(9-5-13)18-21(19,20)16-10-6-14(7-11-16)12(2)17/h4-12,18H,3,17H2,1-2H3. The van der Waals surface area contributed by atoms with E-state index in [1.807, 2.05) is 19.1 Å². The van der Waals surface area contributed by atoms with Crippen LogP contribution in [0.4, 0.5) is 5.69 Å². The van der Waals surface area contributed by atoms with Crippen molar-refractivity contribution in [3.05, 3.63) is 59.7 Å². The largest absolute Gasteiger partial charge is 0.324 e. The molecule has 0 aliphatic heterocycles. The SMILES string of the molecule is CCc1ccc(NS(=O)(=O)c2ccc(C(C)N)cc2)cc1. The molecule has 2 aromatic carbocycles. The van der Waals surface area contributed by atoms with Crippen molar-refractivity contribution in [3.63, 3.8) is 0 Å². The molecule has 0 saturated carbocycles. The summed E-state index contributed by atoms with van der Waals surface area (Å²) in [5, 5.41) is 0. The fourth-order valence-corrected chi connectivity index (χ4v) is 3.03. The highest BCUT2D eigenvalue weighted by atomic mass is 32.2. The monoisotopic (exact) mass is 304 g/mol. The van der Waals surface area contributed by atoms with Crippen molar-refractivity contribution >= 4 is 15.7 Å². The normalized spacial score (nSPS) is 12.9. The summed E-state index contributed by atoms with van der Waals surface area (Å²) in [6, 6.07) is 13.9. The molecule has 0 aliphatic carbocycles. The zero-order valence-electron chi connectivity index (χ0n) is 12.2. The molecule has 4 nitrogen and oxygen atoms in total. The van der Waals surface area contributed by atoms with Crippen LogP contribution in [0.3, 0.4) is 0 Å². The Morgan fingerprint density at radius 2 is 1.62 bits per heavy atom. The fraction of sp³-hybridized carbons (Fsp3) is 0.250. The Labute approximate surface area is 126 Å². The van der Waals surface area contributed by atoms with Crippen LogP contribution < -0.4 is 10.5 Å². The second-order valence-electron chi connectivity index (χ2n) is 5.01. The topological polar surface area (TPSA) is 72.2 Å². The number of anilines is 1. The predicted molar refractivity (Wildman–Crippen MR) is 85.7 cm³/mol. The molecule has 0 fully saturated rings. The number of sulfonamides is 1. The van der Waals surface area contributed by atoms with E-state index in [1.165, 1.54) is 5.56 Å². The van der Waals surface area contributed by atoms with Gasteiger partial charge in [0.1, 0.15) is 0 Å². The summed E-state index contributed by atoms with van der Waals surface area (Å²) in [6.07, 6.45) is 0.922. The zero-order chi connectivity index (χ0) is 15.5. The molecule has 0 radical (unpaired) electrons. The average molecular weight is 304 g/mol. The van der Waals surface area contributed by atoms with Crippen LogP contribution in [0.5, 0.6) is 0 Å². The Bertz CT molecular complexity index is 690. The van der Waals surface area contributed by atoms with Gasteiger partial charge in [-0.1, -0.05) is 31.2 Å². The number of nitrogens with one attached hydrogen (secondary N) is 1. The number of hydrogen-bond donors (Lipinski definition) is 2. The molecule has 1 atom stereocenters. The minimum atomic E-state index is -3.57. The minimum absolute atomic E-state index is 0.115. The van der Waals surface area contributed by atoms with Gasteiger partial charge in [-0.2, -0.15) is 0 Å². The van der Waals surface area contributed by atoms with E-state index in [2.05, 4.69) is 11.6 Å². The fourth-order valence-electron chi connectivity index (χ4n) is 1.97. The van der Waals surface area contributed by atoms with Crippen molar-refractivity contribution in [2.45, 2.75) is 31.2 Å². The summed E-state index contributed by atoms with van der Waals surface area (Å²) >= 11 is 0. The number of hydrogen-bond acceptors (Lipinski definition) is 3. The summed E-state index contributed by atoms with van der Waals surface area (Å²) in [6.45, 7) is 3.91. The molecule has 112 valence electrons. The number of aryl methyl sites for hydroxylation is 1. The summed E-state index contributed by atoms with van der Waals surface area (Å²) < 4.78 is 27.2. The van der Waals surface area contributed by atoms with Crippen molar-refractivity contribution in [2.75, 3.05) is 4.72 Å². The van der Waals surface area contributed by atoms with Crippen molar-refractivity contribution in [1.82, 2.24) is 0 Å². The molecule has 1 unspecified atom stereocenters. The summed E-state index contributed by atoms with van der Waals surface area (Å²) in [7, 11) is -3.57. The summed E-state index contributed by atoms with van der Waals surface area (Å²) in [4.78, 5) is 0.228. The van der Waals surface area contributed by atoms with E-state index in [0.29, 0.717) is 5.69 Å². The Morgan fingerprint density at radius 3 is 2.10 bits per heavy atom. The first-order chi connectivity index (χ1) is 9.92. The third-order valence-electron chi connectivity index (χ3n) is 3.33. The lowest BCUT2D eigenvalue weighted by atomic mass is 10.1. The van der Waals surface area contributed by atoms with E-state index >= 15 is 0 Å². The highest BCUT2D eigenvalue weighted by Gasteiger charge is 2.14. The van der Waals surface area contributed by atoms with E-state index in [4.69, 9.17) is 5.73 Å². The molecule has 0 amide bonds. The Kier molecular flexibility index (Phi) is 4.65. The van der Waals surface area contributed by atoms with Gasteiger partial charge >= 0.3 is 0 Å². The van der Waals surface area contributed by atoms with Crippen LogP contribution >= 0.6 is 0 Å². The van der Waals surface area contributed by atoms with Gasteiger partial charge in [0.05, 0.1) is 4.90 Å². The smallest absolute Gasteiger partial charge is 0.261 e. The van der Waals surface area contributed by atoms with E-state index < -0.39 is 10.0 Å². The lowest BCUT2D eigenvalue weighted by Crippen LogP contribution is -2.13. The van der Waals surface area contributed by atoms with E-state index in [0.717, 1.165) is 12.0 Å². The van der Waals surface area contributed by atoms with Gasteiger partial charge in [0, 0.05) is 11.7 Å². The van der Waals surface area contributed by atoms with Gasteiger partial charge < -0.3 is 5.73 Å². The highest BCUT2D eigenvalue weighted by Crippen LogP contribution is 2.19. The lowest BCUT2D eigenvalue weighted by molar-refractivity contribution is 0.601. The van der Waals surface area contributed by atoms with Crippen LogP contribution in [0, 0.1) is 0 Å². The first kappa shape index (κ1) is 15.5. The molecule has 2 rings (SSSR count). The minimum Gasteiger partial charge on any atom is -0.324 e. The molecule has 0 saturated heterocycles. The molecule has 3 N–H and O–H groups in total. The van der Waals surface area contributed by atoms with Gasteiger partial charge in [0.15, 0.2) is 0 Å². The van der Waals surface area contributed by atoms with Gasteiger partial charge in [-0.25, -0.2) is 8.42 Å². The van der Waals surface area contributed by atoms with Crippen LogP contribution in [0.15, 0.2) is 53.4 Å². The number of rotatable bonds is 5. The van der Waals surface area contributed by atoms with Crippen molar-refractivity contribution in [3.8, 4) is 0 Å². The molecular formula is C16H20N2O2S. The highest BCUT2D eigenvalue weighted by molar-refractivity contribution is 7.92. The number of nitrogens with two attached hydrogens (primary N) is 1. The molecule has 0 spiro atoms. The van der Waals surface area contributed by atoms with Crippen molar-refractivity contribution in [1.29, 1.82) is 0 Å². The van der Waals surface area contributed by atoms with Crippen molar-refractivity contribution in [2.24, 2.45) is 5.73 Å². The molecule has 0 bridgehead atoms. The Hall–Kier alpha value is -1.85. The quantitative estimate of drug-likeness (QED) is 0.891. The van der Waals surface area contributed by atoms with Gasteiger partial charge in [0.2, 0.25) is 0 Å². The van der Waals surface area contributed by atoms with Gasteiger partial charge in [-0.05, 0) is 48.7 Å². The van der Waals surface area contributed by atoms with Crippen LogP contribution in [-0.4, -0.2) is 8.42 Å². The third-order valence-corrected chi connectivity index (χ3v) is 4.73. The van der Waals surface area contributed by atoms with Crippen LogP contribution in [0.25, 0.3) is 0 Å². The average Bonchev–Trinajstić information content (AvgIpc) is 2.48. The van der Waals surface area contributed by atoms with Crippen LogP contribution in [-0.2, 0) is 16.4 Å². The maximum Gasteiger partial charge on any atom is 0.261 e. The molecule has 0 aromatic heterocycles. The van der Waals surface area contributed by atoms with Gasteiger partial charge in [-0.15, -0.1) is 0 Å². The maximum absolute atomic E-state index is 12.3. The molecule has 0 heterocycles. The third kappa shape index (κ3) is 3.83. The first-order valence-corrected chi connectivity index (χ1v) is 8.38. The second kappa shape index (κ2) is 6.28. The van der Waals surface area contributed by atoms with E-state index in [-0.39, 0.29) is 10.9 Å². The molecule has 21 heavy (non-hydrogen) atoms. The summed E-state index contributed by atoms with van der Waals surface area (Å²) in [5.74, 6) is 0. The van der Waals surface area contributed by atoms with Gasteiger partial charge in [-0.3, -0.25) is 4.72 Å². The molecule has 2 aromatic rings. The second-order valence-corrected chi connectivity index (χ2v) is 6.70. The zero-order valence-corrected chi connectivity index (χ0v) is 13.0. The maximum atomic E-state index is 12.3. The number of benzene rings is 2. The predicted octanol–water partition coefficient (Wildman–Crippen LogP) is 3.07. The van der Waals surface area contributed by atoms with E-state index in [9.17, 15) is 8.42 Å². The first-order valence-electron chi connectivity index (χ1n) is 6.89. The van der Waals surface area contributed by atoms with E-state index in [1.54, 1.807) is 36.4 Å². The lowest BCUT2D eigenvalue weighted by Gasteiger charge is -2.10. The Morgan fingerprint density at radius 1 is 1.05 bits per heavy atom. The van der Waals surface area contributed by atoms with Gasteiger partial charge in [0.25, 0.3) is 10.0 Å².